The van der Waals surface area contributed by atoms with E-state index < -0.39 is 0 Å². The van der Waals surface area contributed by atoms with Crippen molar-refractivity contribution in [2.24, 2.45) is 0 Å². The molecule has 6 heteroatoms. The summed E-state index contributed by atoms with van der Waals surface area (Å²) in [7, 11) is 0. The summed E-state index contributed by atoms with van der Waals surface area (Å²) < 4.78 is 7.59. The van der Waals surface area contributed by atoms with Crippen LogP contribution in [0.3, 0.4) is 0 Å². The third-order valence-electron chi connectivity index (χ3n) is 4.74. The zero-order chi connectivity index (χ0) is 16.2. The number of hydrogen-bond donors (Lipinski definition) is 0. The van der Waals surface area contributed by atoms with Gasteiger partial charge in [0.25, 0.3) is 0 Å². The molecule has 1 aromatic heterocycles. The Morgan fingerprint density at radius 3 is 2.96 bits per heavy atom. The Morgan fingerprint density at radius 1 is 1.35 bits per heavy atom. The quantitative estimate of drug-likeness (QED) is 0.853. The van der Waals surface area contributed by atoms with Gasteiger partial charge in [-0.25, -0.2) is 0 Å². The minimum absolute atomic E-state index is 0.149. The Balaban J connectivity index is 1.74. The number of rotatable bonds is 4. The fraction of sp³-hybridized carbons (Fsp3) is 0.706. The van der Waals surface area contributed by atoms with Crippen molar-refractivity contribution >= 4 is 5.91 Å². The van der Waals surface area contributed by atoms with E-state index in [0.29, 0.717) is 19.8 Å². The summed E-state index contributed by atoms with van der Waals surface area (Å²) in [5.74, 6) is 2.03. The van der Waals surface area contributed by atoms with Crippen LogP contribution in [0.4, 0.5) is 0 Å². The normalized spacial score (nSPS) is 21.6. The first-order valence-electron chi connectivity index (χ1n) is 8.69. The second-order valence-corrected chi connectivity index (χ2v) is 6.35. The second-order valence-electron chi connectivity index (χ2n) is 6.35. The maximum absolute atomic E-state index is 12.8. The molecule has 2 aliphatic rings. The van der Waals surface area contributed by atoms with Gasteiger partial charge in [0.1, 0.15) is 12.4 Å². The summed E-state index contributed by atoms with van der Waals surface area (Å²) in [4.78, 5) is 14.8. The predicted octanol–water partition coefficient (Wildman–Crippen LogP) is 2.09. The van der Waals surface area contributed by atoms with Gasteiger partial charge < -0.3 is 14.2 Å². The van der Waals surface area contributed by atoms with Gasteiger partial charge in [0.15, 0.2) is 5.82 Å². The summed E-state index contributed by atoms with van der Waals surface area (Å²) in [6.07, 6.45) is 7.16. The highest BCUT2D eigenvalue weighted by molar-refractivity contribution is 5.93. The molecule has 0 saturated heterocycles. The molecule has 0 spiro atoms. The lowest BCUT2D eigenvalue weighted by Crippen LogP contribution is -2.41. The Labute approximate surface area is 137 Å². The molecule has 0 fully saturated rings. The number of carbonyl (C=O) groups excluding carboxylic acids is 1. The number of nitrogens with zero attached hydrogens (tertiary/aromatic N) is 4. The van der Waals surface area contributed by atoms with E-state index in [0.717, 1.165) is 49.4 Å². The Hall–Kier alpha value is -1.69. The number of amides is 1. The van der Waals surface area contributed by atoms with Crippen molar-refractivity contribution in [3.8, 4) is 0 Å². The molecule has 2 heterocycles. The van der Waals surface area contributed by atoms with Crippen LogP contribution in [0.15, 0.2) is 11.6 Å². The zero-order valence-electron chi connectivity index (χ0n) is 14.1. The van der Waals surface area contributed by atoms with Crippen molar-refractivity contribution in [3.63, 3.8) is 0 Å². The van der Waals surface area contributed by atoms with Crippen LogP contribution >= 0.6 is 0 Å². The molecule has 0 N–H and O–H groups in total. The SMILES string of the molecule is CCOCc1nnc2n1CCN(C(=O)C1=CCCCC1)[C@@H](C)C2. The first-order chi connectivity index (χ1) is 11.2. The van der Waals surface area contributed by atoms with Crippen molar-refractivity contribution in [3.05, 3.63) is 23.3 Å². The van der Waals surface area contributed by atoms with Crippen molar-refractivity contribution in [2.45, 2.75) is 65.1 Å². The summed E-state index contributed by atoms with van der Waals surface area (Å²) >= 11 is 0. The number of aromatic nitrogens is 3. The molecule has 1 atom stereocenters. The fourth-order valence-electron chi connectivity index (χ4n) is 3.40. The van der Waals surface area contributed by atoms with Gasteiger partial charge in [-0.2, -0.15) is 0 Å². The highest BCUT2D eigenvalue weighted by atomic mass is 16.5. The highest BCUT2D eigenvalue weighted by Crippen LogP contribution is 2.23. The lowest BCUT2D eigenvalue weighted by molar-refractivity contribution is -0.129. The average Bonchev–Trinajstić information content (AvgIpc) is 2.87. The van der Waals surface area contributed by atoms with Crippen molar-refractivity contribution in [2.75, 3.05) is 13.2 Å². The van der Waals surface area contributed by atoms with Crippen molar-refractivity contribution in [1.82, 2.24) is 19.7 Å². The van der Waals surface area contributed by atoms with Crippen LogP contribution in [0.1, 0.15) is 51.2 Å². The summed E-state index contributed by atoms with van der Waals surface area (Å²) in [5, 5.41) is 8.55. The summed E-state index contributed by atoms with van der Waals surface area (Å²) in [6.45, 7) is 6.68. The predicted molar refractivity (Wildman–Crippen MR) is 86.8 cm³/mol. The zero-order valence-corrected chi connectivity index (χ0v) is 14.1. The molecule has 0 saturated carbocycles. The largest absolute Gasteiger partial charge is 0.374 e. The van der Waals surface area contributed by atoms with Gasteiger partial charge in [-0.1, -0.05) is 6.08 Å². The molecule has 1 amide bonds. The molecule has 0 unspecified atom stereocenters. The number of allylic oxidation sites excluding steroid dienone is 1. The number of carbonyl (C=O) groups is 1. The minimum Gasteiger partial charge on any atom is -0.374 e. The minimum atomic E-state index is 0.149. The van der Waals surface area contributed by atoms with Gasteiger partial charge in [0, 0.05) is 37.7 Å². The van der Waals surface area contributed by atoms with Gasteiger partial charge in [-0.15, -0.1) is 10.2 Å². The number of fused-ring (bicyclic) bond motifs is 1. The Bertz CT molecular complexity index is 593. The van der Waals surface area contributed by atoms with Gasteiger partial charge >= 0.3 is 0 Å². The monoisotopic (exact) mass is 318 g/mol. The molecule has 6 nitrogen and oxygen atoms in total. The standard InChI is InChI=1S/C17H26N4O2/c1-3-23-12-16-19-18-15-11-13(2)20(9-10-21(15)16)17(22)14-7-5-4-6-8-14/h7,13H,3-6,8-12H2,1-2H3/t13-/m0/s1. The lowest BCUT2D eigenvalue weighted by atomic mass is 9.98. The van der Waals surface area contributed by atoms with Crippen LogP contribution in [0, 0.1) is 0 Å². The Kier molecular flexibility index (Phi) is 5.10. The third-order valence-corrected chi connectivity index (χ3v) is 4.74. The number of hydrogen-bond acceptors (Lipinski definition) is 4. The maximum Gasteiger partial charge on any atom is 0.249 e. The van der Waals surface area contributed by atoms with Gasteiger partial charge in [0.05, 0.1) is 0 Å². The number of ether oxygens (including phenoxy) is 1. The van der Waals surface area contributed by atoms with Crippen LogP contribution in [0.25, 0.3) is 0 Å². The van der Waals surface area contributed by atoms with E-state index in [9.17, 15) is 4.79 Å². The second kappa shape index (κ2) is 7.25. The van der Waals surface area contributed by atoms with Gasteiger partial charge in [-0.3, -0.25) is 4.79 Å². The van der Waals surface area contributed by atoms with Crippen LogP contribution in [-0.4, -0.2) is 44.8 Å². The topological polar surface area (TPSA) is 60.3 Å². The molecular weight excluding hydrogens is 292 g/mol. The highest BCUT2D eigenvalue weighted by Gasteiger charge is 2.29. The van der Waals surface area contributed by atoms with E-state index in [4.69, 9.17) is 4.74 Å². The molecule has 126 valence electrons. The molecule has 1 aliphatic heterocycles. The van der Waals surface area contributed by atoms with Crippen LogP contribution in [0.2, 0.25) is 0 Å². The molecule has 0 aromatic carbocycles. The first kappa shape index (κ1) is 16.2. The van der Waals surface area contributed by atoms with E-state index in [1.54, 1.807) is 0 Å². The van der Waals surface area contributed by atoms with E-state index >= 15 is 0 Å². The first-order valence-corrected chi connectivity index (χ1v) is 8.69. The van der Waals surface area contributed by atoms with Crippen LogP contribution in [-0.2, 0) is 29.1 Å². The molecule has 0 bridgehead atoms. The van der Waals surface area contributed by atoms with Crippen LogP contribution in [0.5, 0.6) is 0 Å². The van der Waals surface area contributed by atoms with Gasteiger partial charge in [0.2, 0.25) is 5.91 Å². The van der Waals surface area contributed by atoms with E-state index in [-0.39, 0.29) is 11.9 Å². The lowest BCUT2D eigenvalue weighted by Gasteiger charge is -2.28. The van der Waals surface area contributed by atoms with E-state index in [1.165, 1.54) is 6.42 Å². The Morgan fingerprint density at radius 2 is 2.22 bits per heavy atom. The van der Waals surface area contributed by atoms with Crippen LogP contribution < -0.4 is 0 Å². The molecule has 23 heavy (non-hydrogen) atoms. The smallest absolute Gasteiger partial charge is 0.249 e. The average molecular weight is 318 g/mol. The molecule has 0 radical (unpaired) electrons. The fourth-order valence-corrected chi connectivity index (χ4v) is 3.40. The summed E-state index contributed by atoms with van der Waals surface area (Å²) in [5.41, 5.74) is 0.996. The van der Waals surface area contributed by atoms with Crippen molar-refractivity contribution in [1.29, 1.82) is 0 Å². The van der Waals surface area contributed by atoms with E-state index in [1.807, 2.05) is 11.8 Å². The molecule has 1 aliphatic carbocycles. The third kappa shape index (κ3) is 3.47. The van der Waals surface area contributed by atoms with Crippen molar-refractivity contribution < 1.29 is 9.53 Å². The molecular formula is C17H26N4O2. The summed E-state index contributed by atoms with van der Waals surface area (Å²) in [6, 6.07) is 0.149. The van der Waals surface area contributed by atoms with E-state index in [2.05, 4.69) is 27.8 Å². The molecule has 1 aromatic rings. The van der Waals surface area contributed by atoms with Gasteiger partial charge in [-0.05, 0) is 39.5 Å². The maximum atomic E-state index is 12.8. The molecule has 3 rings (SSSR count).